The summed E-state index contributed by atoms with van der Waals surface area (Å²) in [7, 11) is 0. The van der Waals surface area contributed by atoms with Crippen LogP contribution >= 0.6 is 11.3 Å². The van der Waals surface area contributed by atoms with E-state index in [0.717, 1.165) is 24.9 Å². The average molecular weight is 313 g/mol. The standard InChI is InChI=1S/C18H23N3S/c1-2-4-14(5-3-1)10-21-11-15-6-7-18(17(15)12-21)20-9-16-8-19-13-22-16/h1-5,8,13,15,17-18,20H,6-7,9-12H2. The zero-order valence-corrected chi connectivity index (χ0v) is 13.6. The predicted octanol–water partition coefficient (Wildman–Crippen LogP) is 3.14. The molecule has 0 bridgehead atoms. The lowest BCUT2D eigenvalue weighted by Crippen LogP contribution is -2.35. The van der Waals surface area contributed by atoms with Gasteiger partial charge in [-0.1, -0.05) is 30.3 Å². The van der Waals surface area contributed by atoms with Crippen molar-refractivity contribution in [2.75, 3.05) is 13.1 Å². The minimum atomic E-state index is 0.688. The maximum absolute atomic E-state index is 4.16. The van der Waals surface area contributed by atoms with Gasteiger partial charge in [0.05, 0.1) is 5.51 Å². The molecular weight excluding hydrogens is 290 g/mol. The van der Waals surface area contributed by atoms with Gasteiger partial charge in [0.2, 0.25) is 0 Å². The molecule has 3 nitrogen and oxygen atoms in total. The summed E-state index contributed by atoms with van der Waals surface area (Å²) in [5, 5.41) is 3.78. The normalized spacial score (nSPS) is 28.1. The number of hydrogen-bond acceptors (Lipinski definition) is 4. The van der Waals surface area contributed by atoms with Gasteiger partial charge in [-0.15, -0.1) is 11.3 Å². The number of aromatic nitrogens is 1. The molecule has 0 amide bonds. The first-order valence-corrected chi connectivity index (χ1v) is 9.13. The van der Waals surface area contributed by atoms with Gasteiger partial charge in [-0.25, -0.2) is 0 Å². The molecule has 2 aromatic rings. The van der Waals surface area contributed by atoms with Gasteiger partial charge >= 0.3 is 0 Å². The van der Waals surface area contributed by atoms with Crippen LogP contribution in [0.2, 0.25) is 0 Å². The molecule has 1 aromatic heterocycles. The Labute approximate surface area is 136 Å². The van der Waals surface area contributed by atoms with Gasteiger partial charge in [0, 0.05) is 43.3 Å². The van der Waals surface area contributed by atoms with Crippen LogP contribution in [0.4, 0.5) is 0 Å². The van der Waals surface area contributed by atoms with Crippen molar-refractivity contribution in [3.8, 4) is 0 Å². The molecular formula is C18H23N3S. The highest BCUT2D eigenvalue weighted by atomic mass is 32.1. The maximum atomic E-state index is 4.16. The van der Waals surface area contributed by atoms with Gasteiger partial charge in [-0.2, -0.15) is 0 Å². The van der Waals surface area contributed by atoms with Crippen LogP contribution in [0.5, 0.6) is 0 Å². The number of thiazole rings is 1. The quantitative estimate of drug-likeness (QED) is 0.919. The van der Waals surface area contributed by atoms with E-state index in [1.165, 1.54) is 36.4 Å². The molecule has 0 spiro atoms. The van der Waals surface area contributed by atoms with Gasteiger partial charge in [-0.3, -0.25) is 9.88 Å². The number of nitrogens with zero attached hydrogens (tertiary/aromatic N) is 2. The second kappa shape index (κ2) is 6.49. The van der Waals surface area contributed by atoms with Crippen molar-refractivity contribution >= 4 is 11.3 Å². The van der Waals surface area contributed by atoms with E-state index >= 15 is 0 Å². The summed E-state index contributed by atoms with van der Waals surface area (Å²) in [5.41, 5.74) is 3.36. The Morgan fingerprint density at radius 3 is 2.91 bits per heavy atom. The molecule has 1 saturated carbocycles. The van der Waals surface area contributed by atoms with Crippen LogP contribution < -0.4 is 5.32 Å². The molecule has 22 heavy (non-hydrogen) atoms. The van der Waals surface area contributed by atoms with Crippen LogP contribution in [0.15, 0.2) is 42.0 Å². The van der Waals surface area contributed by atoms with E-state index in [1.54, 1.807) is 11.3 Å². The molecule has 3 unspecified atom stereocenters. The number of likely N-dealkylation sites (tertiary alicyclic amines) is 1. The summed E-state index contributed by atoms with van der Waals surface area (Å²) >= 11 is 1.75. The van der Waals surface area contributed by atoms with Crippen molar-refractivity contribution in [2.24, 2.45) is 11.8 Å². The lowest BCUT2D eigenvalue weighted by Gasteiger charge is -2.21. The Morgan fingerprint density at radius 1 is 1.18 bits per heavy atom. The van der Waals surface area contributed by atoms with E-state index < -0.39 is 0 Å². The molecule has 2 fully saturated rings. The van der Waals surface area contributed by atoms with Crippen molar-refractivity contribution in [3.63, 3.8) is 0 Å². The summed E-state index contributed by atoms with van der Waals surface area (Å²) < 4.78 is 0. The lowest BCUT2D eigenvalue weighted by molar-refractivity contribution is 0.289. The molecule has 2 aliphatic rings. The van der Waals surface area contributed by atoms with E-state index in [0.29, 0.717) is 6.04 Å². The Kier molecular flexibility index (Phi) is 4.24. The maximum Gasteiger partial charge on any atom is 0.0794 e. The monoisotopic (exact) mass is 313 g/mol. The van der Waals surface area contributed by atoms with Crippen LogP contribution in [0.1, 0.15) is 23.3 Å². The fourth-order valence-corrected chi connectivity index (χ4v) is 4.69. The summed E-state index contributed by atoms with van der Waals surface area (Å²) in [6.45, 7) is 4.62. The van der Waals surface area contributed by atoms with Crippen LogP contribution in [0, 0.1) is 11.8 Å². The molecule has 116 valence electrons. The molecule has 1 aliphatic heterocycles. The smallest absolute Gasteiger partial charge is 0.0794 e. The minimum absolute atomic E-state index is 0.688. The molecule has 1 aromatic carbocycles. The third kappa shape index (κ3) is 3.09. The third-order valence-corrected chi connectivity index (χ3v) is 5.98. The largest absolute Gasteiger partial charge is 0.309 e. The molecule has 4 heteroatoms. The van der Waals surface area contributed by atoms with Crippen molar-refractivity contribution in [1.29, 1.82) is 0 Å². The van der Waals surface area contributed by atoms with Gasteiger partial charge < -0.3 is 5.32 Å². The van der Waals surface area contributed by atoms with Gasteiger partial charge in [0.1, 0.15) is 0 Å². The summed E-state index contributed by atoms with van der Waals surface area (Å²) in [5.74, 6) is 1.72. The van der Waals surface area contributed by atoms with Gasteiger partial charge in [-0.05, 0) is 30.2 Å². The fraction of sp³-hybridized carbons (Fsp3) is 0.500. The Bertz CT molecular complexity index is 584. The number of rotatable bonds is 5. The lowest BCUT2D eigenvalue weighted by atomic mass is 9.98. The first kappa shape index (κ1) is 14.4. The van der Waals surface area contributed by atoms with E-state index in [-0.39, 0.29) is 0 Å². The third-order valence-electron chi connectivity index (χ3n) is 5.20. The average Bonchev–Trinajstić information content (AvgIpc) is 3.24. The summed E-state index contributed by atoms with van der Waals surface area (Å²) in [4.78, 5) is 8.16. The summed E-state index contributed by atoms with van der Waals surface area (Å²) in [6.07, 6.45) is 4.71. The van der Waals surface area contributed by atoms with Crippen LogP contribution in [-0.2, 0) is 13.1 Å². The predicted molar refractivity (Wildman–Crippen MR) is 90.7 cm³/mol. The number of hydrogen-bond donors (Lipinski definition) is 1. The number of benzene rings is 1. The fourth-order valence-electron chi connectivity index (χ4n) is 4.14. The van der Waals surface area contributed by atoms with Crippen molar-refractivity contribution in [2.45, 2.75) is 32.0 Å². The van der Waals surface area contributed by atoms with Crippen molar-refractivity contribution < 1.29 is 0 Å². The van der Waals surface area contributed by atoms with Gasteiger partial charge in [0.25, 0.3) is 0 Å². The molecule has 1 N–H and O–H groups in total. The second-order valence-corrected chi connectivity index (χ2v) is 7.61. The first-order chi connectivity index (χ1) is 10.9. The van der Waals surface area contributed by atoms with Crippen LogP contribution in [0.3, 0.4) is 0 Å². The highest BCUT2D eigenvalue weighted by Gasteiger charge is 2.42. The highest BCUT2D eigenvalue weighted by molar-refractivity contribution is 7.09. The van der Waals surface area contributed by atoms with Crippen LogP contribution in [-0.4, -0.2) is 29.0 Å². The topological polar surface area (TPSA) is 28.2 Å². The van der Waals surface area contributed by atoms with Crippen molar-refractivity contribution in [3.05, 3.63) is 52.5 Å². The zero-order valence-electron chi connectivity index (χ0n) is 12.8. The molecule has 0 radical (unpaired) electrons. The number of nitrogens with one attached hydrogen (secondary N) is 1. The molecule has 1 aliphatic carbocycles. The Balaban J connectivity index is 1.33. The van der Waals surface area contributed by atoms with Crippen molar-refractivity contribution in [1.82, 2.24) is 15.2 Å². The molecule has 1 saturated heterocycles. The SMILES string of the molecule is c1ccc(CN2CC3CCC(NCc4cncs4)C3C2)cc1. The molecule has 4 rings (SSSR count). The first-order valence-electron chi connectivity index (χ1n) is 8.25. The Hall–Kier alpha value is -1.23. The van der Waals surface area contributed by atoms with E-state index in [2.05, 4.69) is 45.5 Å². The zero-order chi connectivity index (χ0) is 14.8. The number of fused-ring (bicyclic) bond motifs is 1. The summed E-state index contributed by atoms with van der Waals surface area (Å²) in [6, 6.07) is 11.6. The van der Waals surface area contributed by atoms with E-state index in [1.807, 2.05) is 11.7 Å². The molecule has 2 heterocycles. The van der Waals surface area contributed by atoms with E-state index in [9.17, 15) is 0 Å². The highest BCUT2D eigenvalue weighted by Crippen LogP contribution is 2.38. The minimum Gasteiger partial charge on any atom is -0.309 e. The second-order valence-electron chi connectivity index (χ2n) is 6.64. The molecule has 3 atom stereocenters. The van der Waals surface area contributed by atoms with Crippen LogP contribution in [0.25, 0.3) is 0 Å². The Morgan fingerprint density at radius 2 is 2.09 bits per heavy atom. The van der Waals surface area contributed by atoms with E-state index in [4.69, 9.17) is 0 Å². The van der Waals surface area contributed by atoms with Gasteiger partial charge in [0.15, 0.2) is 0 Å².